The molecule has 0 saturated heterocycles. The first-order valence-corrected chi connectivity index (χ1v) is 4.79. The number of carbonyl (C=O) groups excluding carboxylic acids is 1. The Labute approximate surface area is 84.9 Å². The third-order valence-corrected chi connectivity index (χ3v) is 2.16. The van der Waals surface area contributed by atoms with Crippen molar-refractivity contribution >= 4 is 5.78 Å². The van der Waals surface area contributed by atoms with E-state index in [9.17, 15) is 4.79 Å². The summed E-state index contributed by atoms with van der Waals surface area (Å²) in [6.45, 7) is 2.24. The van der Waals surface area contributed by atoms with Crippen LogP contribution in [-0.2, 0) is 22.6 Å². The number of aryl methyl sites for hydroxylation is 1. The van der Waals surface area contributed by atoms with Crippen molar-refractivity contribution < 1.29 is 9.53 Å². The first kappa shape index (κ1) is 10.9. The van der Waals surface area contributed by atoms with E-state index in [-0.39, 0.29) is 5.78 Å². The molecule has 0 aliphatic rings. The highest BCUT2D eigenvalue weighted by atomic mass is 16.5. The molecule has 0 atom stereocenters. The van der Waals surface area contributed by atoms with Gasteiger partial charge < -0.3 is 9.53 Å². The van der Waals surface area contributed by atoms with Gasteiger partial charge in [0.1, 0.15) is 5.78 Å². The molecule has 0 unspecified atom stereocenters. The summed E-state index contributed by atoms with van der Waals surface area (Å²) in [5, 5.41) is 0. The lowest BCUT2D eigenvalue weighted by Gasteiger charge is -2.07. The Balaban J connectivity index is 2.68. The van der Waals surface area contributed by atoms with Gasteiger partial charge in [-0.1, -0.05) is 24.3 Å². The van der Waals surface area contributed by atoms with E-state index in [2.05, 4.69) is 6.07 Å². The lowest BCUT2D eigenvalue weighted by atomic mass is 10.0. The first-order valence-electron chi connectivity index (χ1n) is 4.79. The number of hydrogen-bond acceptors (Lipinski definition) is 2. The maximum atomic E-state index is 10.9. The van der Waals surface area contributed by atoms with Gasteiger partial charge in [0.2, 0.25) is 0 Å². The second-order valence-electron chi connectivity index (χ2n) is 3.40. The molecule has 14 heavy (non-hydrogen) atoms. The van der Waals surface area contributed by atoms with Crippen molar-refractivity contribution in [1.29, 1.82) is 0 Å². The van der Waals surface area contributed by atoms with Crippen LogP contribution in [0.15, 0.2) is 24.3 Å². The Bertz CT molecular complexity index is 305. The molecule has 76 valence electrons. The molecule has 0 spiro atoms. The van der Waals surface area contributed by atoms with E-state index in [4.69, 9.17) is 4.74 Å². The summed E-state index contributed by atoms with van der Waals surface area (Å²) >= 11 is 0. The fourth-order valence-electron chi connectivity index (χ4n) is 1.41. The maximum absolute atomic E-state index is 10.9. The van der Waals surface area contributed by atoms with Crippen LogP contribution in [0, 0.1) is 0 Å². The molecule has 0 radical (unpaired) electrons. The zero-order valence-electron chi connectivity index (χ0n) is 8.75. The number of rotatable bonds is 5. The third kappa shape index (κ3) is 3.30. The van der Waals surface area contributed by atoms with Crippen LogP contribution in [0.25, 0.3) is 0 Å². The highest BCUT2D eigenvalue weighted by Crippen LogP contribution is 2.12. The van der Waals surface area contributed by atoms with Crippen LogP contribution in [0.5, 0.6) is 0 Å². The summed E-state index contributed by atoms with van der Waals surface area (Å²) in [4.78, 5) is 10.9. The summed E-state index contributed by atoms with van der Waals surface area (Å²) in [5.41, 5.74) is 2.39. The minimum atomic E-state index is 0.234. The monoisotopic (exact) mass is 192 g/mol. The highest BCUT2D eigenvalue weighted by Gasteiger charge is 2.02. The van der Waals surface area contributed by atoms with Crippen molar-refractivity contribution in [2.45, 2.75) is 26.4 Å². The topological polar surface area (TPSA) is 26.3 Å². The standard InChI is InChI=1S/C12H16O2/c1-10(13)7-8-11-5-3-4-6-12(11)9-14-2/h3-6H,7-9H2,1-2H3. The highest BCUT2D eigenvalue weighted by molar-refractivity contribution is 5.75. The molecule has 0 amide bonds. The fourth-order valence-corrected chi connectivity index (χ4v) is 1.41. The molecule has 0 bridgehead atoms. The molecule has 0 aromatic heterocycles. The van der Waals surface area contributed by atoms with Gasteiger partial charge in [-0.15, -0.1) is 0 Å². The van der Waals surface area contributed by atoms with Gasteiger partial charge in [-0.25, -0.2) is 0 Å². The Hall–Kier alpha value is -1.15. The molecule has 2 nitrogen and oxygen atoms in total. The van der Waals surface area contributed by atoms with Crippen LogP contribution in [0.2, 0.25) is 0 Å². The van der Waals surface area contributed by atoms with Crippen LogP contribution in [0.3, 0.4) is 0 Å². The SMILES string of the molecule is COCc1ccccc1CCC(C)=O. The van der Waals surface area contributed by atoms with Crippen molar-refractivity contribution in [2.24, 2.45) is 0 Å². The Morgan fingerprint density at radius 1 is 1.29 bits per heavy atom. The largest absolute Gasteiger partial charge is 0.380 e. The number of hydrogen-bond donors (Lipinski definition) is 0. The summed E-state index contributed by atoms with van der Waals surface area (Å²) in [5.74, 6) is 0.234. The quantitative estimate of drug-likeness (QED) is 0.715. The maximum Gasteiger partial charge on any atom is 0.130 e. The normalized spacial score (nSPS) is 10.1. The molecule has 0 heterocycles. The van der Waals surface area contributed by atoms with Crippen LogP contribution in [0.4, 0.5) is 0 Å². The van der Waals surface area contributed by atoms with Gasteiger partial charge in [0.05, 0.1) is 6.61 Å². The lowest BCUT2D eigenvalue weighted by Crippen LogP contribution is -1.99. The summed E-state index contributed by atoms with van der Waals surface area (Å²) < 4.78 is 5.09. The second kappa shape index (κ2) is 5.55. The van der Waals surface area contributed by atoms with Gasteiger partial charge in [-0.3, -0.25) is 0 Å². The summed E-state index contributed by atoms with van der Waals surface area (Å²) in [7, 11) is 1.68. The minimum absolute atomic E-state index is 0.234. The minimum Gasteiger partial charge on any atom is -0.380 e. The molecule has 0 aliphatic carbocycles. The Kier molecular flexibility index (Phi) is 4.33. The molecule has 1 rings (SSSR count). The Morgan fingerprint density at radius 2 is 1.93 bits per heavy atom. The van der Waals surface area contributed by atoms with Crippen LogP contribution in [0.1, 0.15) is 24.5 Å². The molecule has 1 aromatic rings. The number of methoxy groups -OCH3 is 1. The molecular formula is C12H16O2. The van der Waals surface area contributed by atoms with E-state index >= 15 is 0 Å². The van der Waals surface area contributed by atoms with Crippen molar-refractivity contribution in [3.63, 3.8) is 0 Å². The molecule has 0 fully saturated rings. The van der Waals surface area contributed by atoms with E-state index in [1.165, 1.54) is 11.1 Å². The summed E-state index contributed by atoms with van der Waals surface area (Å²) in [6, 6.07) is 8.08. The molecule has 0 N–H and O–H groups in total. The third-order valence-electron chi connectivity index (χ3n) is 2.16. The van der Waals surface area contributed by atoms with Gasteiger partial charge in [-0.2, -0.15) is 0 Å². The van der Waals surface area contributed by atoms with Crippen molar-refractivity contribution in [3.05, 3.63) is 35.4 Å². The van der Waals surface area contributed by atoms with E-state index in [1.807, 2.05) is 18.2 Å². The number of ketones is 1. The summed E-state index contributed by atoms with van der Waals surface area (Å²) in [6.07, 6.45) is 1.43. The van der Waals surface area contributed by atoms with Crippen LogP contribution < -0.4 is 0 Å². The van der Waals surface area contributed by atoms with Crippen LogP contribution in [-0.4, -0.2) is 12.9 Å². The van der Waals surface area contributed by atoms with Crippen molar-refractivity contribution in [1.82, 2.24) is 0 Å². The van der Waals surface area contributed by atoms with Gasteiger partial charge in [0.15, 0.2) is 0 Å². The molecular weight excluding hydrogens is 176 g/mol. The van der Waals surface area contributed by atoms with Crippen LogP contribution >= 0.6 is 0 Å². The molecule has 0 saturated carbocycles. The molecule has 0 aliphatic heterocycles. The van der Waals surface area contributed by atoms with Gasteiger partial charge in [-0.05, 0) is 24.5 Å². The Morgan fingerprint density at radius 3 is 2.50 bits per heavy atom. The average molecular weight is 192 g/mol. The smallest absolute Gasteiger partial charge is 0.130 e. The predicted octanol–water partition coefficient (Wildman–Crippen LogP) is 2.35. The van der Waals surface area contributed by atoms with Gasteiger partial charge in [0.25, 0.3) is 0 Å². The number of Topliss-reactive ketones (excluding diaryl/α,β-unsaturated/α-hetero) is 1. The second-order valence-corrected chi connectivity index (χ2v) is 3.40. The zero-order valence-corrected chi connectivity index (χ0v) is 8.75. The first-order chi connectivity index (χ1) is 6.74. The molecule has 1 aromatic carbocycles. The van der Waals surface area contributed by atoms with E-state index < -0.39 is 0 Å². The van der Waals surface area contributed by atoms with Gasteiger partial charge in [0, 0.05) is 13.5 Å². The zero-order chi connectivity index (χ0) is 10.4. The van der Waals surface area contributed by atoms with E-state index in [0.29, 0.717) is 13.0 Å². The van der Waals surface area contributed by atoms with E-state index in [1.54, 1.807) is 14.0 Å². The number of benzene rings is 1. The molecule has 2 heteroatoms. The number of ether oxygens (including phenoxy) is 1. The lowest BCUT2D eigenvalue weighted by molar-refractivity contribution is -0.116. The van der Waals surface area contributed by atoms with E-state index in [0.717, 1.165) is 6.42 Å². The van der Waals surface area contributed by atoms with Crippen molar-refractivity contribution in [2.75, 3.05) is 7.11 Å². The fraction of sp³-hybridized carbons (Fsp3) is 0.417. The predicted molar refractivity (Wildman–Crippen MR) is 56.2 cm³/mol. The number of carbonyl (C=O) groups is 1. The van der Waals surface area contributed by atoms with Crippen molar-refractivity contribution in [3.8, 4) is 0 Å². The average Bonchev–Trinajstić information content (AvgIpc) is 2.17. The van der Waals surface area contributed by atoms with Gasteiger partial charge >= 0.3 is 0 Å².